The standard InChI is InChI=1S/C12H16N2O3/c1-3-11(13-6-7-15)12(17)14-9(2)4-5-10(14)8-16/h3,7-8,10,13H,2,4-6H2,1H3/b11-3+. The van der Waals surface area contributed by atoms with E-state index in [1.807, 2.05) is 0 Å². The molecule has 1 heterocycles. The molecule has 0 aromatic rings. The van der Waals surface area contributed by atoms with Gasteiger partial charge in [-0.1, -0.05) is 12.7 Å². The van der Waals surface area contributed by atoms with Gasteiger partial charge in [-0.3, -0.25) is 4.79 Å². The van der Waals surface area contributed by atoms with E-state index in [-0.39, 0.29) is 12.5 Å². The number of hydrogen-bond acceptors (Lipinski definition) is 4. The molecule has 1 unspecified atom stereocenters. The zero-order valence-corrected chi connectivity index (χ0v) is 9.81. The van der Waals surface area contributed by atoms with Gasteiger partial charge in [0.05, 0.1) is 18.3 Å². The first-order chi connectivity index (χ1) is 8.15. The first-order valence-electron chi connectivity index (χ1n) is 5.46. The van der Waals surface area contributed by atoms with Gasteiger partial charge in [-0.25, -0.2) is 0 Å². The Bertz CT molecular complexity index is 374. The van der Waals surface area contributed by atoms with E-state index in [1.54, 1.807) is 13.0 Å². The van der Waals surface area contributed by atoms with Crippen LogP contribution >= 0.6 is 0 Å². The van der Waals surface area contributed by atoms with Crippen LogP contribution in [0.2, 0.25) is 0 Å². The van der Waals surface area contributed by atoms with Crippen LogP contribution in [0.4, 0.5) is 0 Å². The molecule has 0 saturated carbocycles. The third-order valence-electron chi connectivity index (χ3n) is 2.67. The molecule has 0 aromatic heterocycles. The summed E-state index contributed by atoms with van der Waals surface area (Å²) >= 11 is 0. The third-order valence-corrected chi connectivity index (χ3v) is 2.67. The second-order valence-corrected chi connectivity index (χ2v) is 3.73. The first-order valence-corrected chi connectivity index (χ1v) is 5.46. The fourth-order valence-electron chi connectivity index (χ4n) is 1.80. The molecule has 0 aliphatic carbocycles. The first kappa shape index (κ1) is 13.2. The minimum absolute atomic E-state index is 0.0669. The highest BCUT2D eigenvalue weighted by atomic mass is 16.2. The molecular formula is C12H16N2O3. The predicted molar refractivity (Wildman–Crippen MR) is 62.9 cm³/mol. The molecule has 1 aliphatic heterocycles. The van der Waals surface area contributed by atoms with Crippen LogP contribution in [0.5, 0.6) is 0 Å². The van der Waals surface area contributed by atoms with Gasteiger partial charge in [-0.2, -0.15) is 0 Å². The molecule has 1 atom stereocenters. The van der Waals surface area contributed by atoms with Crippen molar-refractivity contribution in [3.8, 4) is 0 Å². The average molecular weight is 236 g/mol. The van der Waals surface area contributed by atoms with E-state index in [9.17, 15) is 14.4 Å². The van der Waals surface area contributed by atoms with Gasteiger partial charge in [0.15, 0.2) is 0 Å². The van der Waals surface area contributed by atoms with Crippen molar-refractivity contribution >= 4 is 18.5 Å². The molecule has 1 saturated heterocycles. The summed E-state index contributed by atoms with van der Waals surface area (Å²) in [6.45, 7) is 5.53. The molecule has 1 rings (SSSR count). The Labute approximate surface area is 100 Å². The van der Waals surface area contributed by atoms with Crippen LogP contribution in [0.15, 0.2) is 24.0 Å². The maximum absolute atomic E-state index is 12.1. The number of amides is 1. The lowest BCUT2D eigenvalue weighted by molar-refractivity contribution is -0.129. The number of allylic oxidation sites excluding steroid dienone is 2. The van der Waals surface area contributed by atoms with Crippen molar-refractivity contribution in [1.82, 2.24) is 10.2 Å². The van der Waals surface area contributed by atoms with Gasteiger partial charge in [0, 0.05) is 5.70 Å². The summed E-state index contributed by atoms with van der Waals surface area (Å²) in [6.07, 6.45) is 4.26. The lowest BCUT2D eigenvalue weighted by Crippen LogP contribution is -2.39. The second-order valence-electron chi connectivity index (χ2n) is 3.73. The van der Waals surface area contributed by atoms with Crippen LogP contribution in [0, 0.1) is 0 Å². The lowest BCUT2D eigenvalue weighted by atomic mass is 10.2. The van der Waals surface area contributed by atoms with Crippen molar-refractivity contribution in [2.75, 3.05) is 6.54 Å². The zero-order valence-electron chi connectivity index (χ0n) is 9.81. The van der Waals surface area contributed by atoms with E-state index >= 15 is 0 Å². The van der Waals surface area contributed by atoms with Crippen molar-refractivity contribution in [3.05, 3.63) is 24.0 Å². The molecule has 0 bridgehead atoms. The number of carbonyl (C=O) groups excluding carboxylic acids is 3. The molecular weight excluding hydrogens is 220 g/mol. The number of rotatable bonds is 5. The van der Waals surface area contributed by atoms with E-state index in [2.05, 4.69) is 11.9 Å². The summed E-state index contributed by atoms with van der Waals surface area (Å²) in [5.74, 6) is -0.311. The molecule has 1 N–H and O–H groups in total. The van der Waals surface area contributed by atoms with E-state index in [0.29, 0.717) is 30.5 Å². The van der Waals surface area contributed by atoms with Crippen molar-refractivity contribution in [3.63, 3.8) is 0 Å². The molecule has 1 fully saturated rings. The number of aldehydes is 2. The third kappa shape index (κ3) is 2.81. The quantitative estimate of drug-likeness (QED) is 0.553. The molecule has 0 radical (unpaired) electrons. The Morgan fingerprint density at radius 3 is 2.82 bits per heavy atom. The summed E-state index contributed by atoms with van der Waals surface area (Å²) in [5.41, 5.74) is 0.950. The molecule has 0 spiro atoms. The summed E-state index contributed by atoms with van der Waals surface area (Å²) in [5, 5.41) is 2.71. The highest BCUT2D eigenvalue weighted by molar-refractivity contribution is 5.96. The molecule has 92 valence electrons. The van der Waals surface area contributed by atoms with E-state index < -0.39 is 6.04 Å². The molecule has 1 aliphatic rings. The van der Waals surface area contributed by atoms with Crippen molar-refractivity contribution < 1.29 is 14.4 Å². The minimum Gasteiger partial charge on any atom is -0.374 e. The Balaban J connectivity index is 2.82. The van der Waals surface area contributed by atoms with E-state index in [4.69, 9.17) is 0 Å². The average Bonchev–Trinajstić information content (AvgIpc) is 2.71. The monoisotopic (exact) mass is 236 g/mol. The zero-order chi connectivity index (χ0) is 12.8. The predicted octanol–water partition coefficient (Wildman–Crippen LogP) is 0.382. The minimum atomic E-state index is -0.442. The lowest BCUT2D eigenvalue weighted by Gasteiger charge is -2.23. The number of hydrogen-bond donors (Lipinski definition) is 1. The van der Waals surface area contributed by atoms with E-state index in [0.717, 1.165) is 6.29 Å². The van der Waals surface area contributed by atoms with Gasteiger partial charge >= 0.3 is 0 Å². The maximum atomic E-state index is 12.1. The molecule has 17 heavy (non-hydrogen) atoms. The Kier molecular flexibility index (Phi) is 4.63. The van der Waals surface area contributed by atoms with Gasteiger partial charge in [0.25, 0.3) is 5.91 Å². The number of likely N-dealkylation sites (tertiary alicyclic amines) is 1. The molecule has 5 heteroatoms. The number of nitrogens with one attached hydrogen (secondary N) is 1. The molecule has 0 aromatic carbocycles. The van der Waals surface area contributed by atoms with Crippen LogP contribution in [-0.2, 0) is 14.4 Å². The van der Waals surface area contributed by atoms with Crippen LogP contribution in [-0.4, -0.2) is 36.0 Å². The summed E-state index contributed by atoms with van der Waals surface area (Å²) in [7, 11) is 0. The second kappa shape index (κ2) is 5.98. The summed E-state index contributed by atoms with van der Waals surface area (Å²) < 4.78 is 0. The Morgan fingerprint density at radius 2 is 2.29 bits per heavy atom. The fourth-order valence-corrected chi connectivity index (χ4v) is 1.80. The van der Waals surface area contributed by atoms with Crippen LogP contribution in [0.1, 0.15) is 19.8 Å². The smallest absolute Gasteiger partial charge is 0.274 e. The normalized spacial score (nSPS) is 20.3. The highest BCUT2D eigenvalue weighted by Crippen LogP contribution is 2.26. The van der Waals surface area contributed by atoms with Crippen LogP contribution in [0.25, 0.3) is 0 Å². The van der Waals surface area contributed by atoms with Gasteiger partial charge in [0.1, 0.15) is 12.6 Å². The Morgan fingerprint density at radius 1 is 1.59 bits per heavy atom. The topological polar surface area (TPSA) is 66.5 Å². The van der Waals surface area contributed by atoms with Crippen LogP contribution in [0.3, 0.4) is 0 Å². The fraction of sp³-hybridized carbons (Fsp3) is 0.417. The molecule has 1 amide bonds. The van der Waals surface area contributed by atoms with Gasteiger partial charge in [-0.15, -0.1) is 0 Å². The largest absolute Gasteiger partial charge is 0.374 e. The van der Waals surface area contributed by atoms with E-state index in [1.165, 1.54) is 4.90 Å². The SMILES string of the molecule is C=C1CCC(C=O)N1C(=O)/C(=C\C)NCC=O. The molecule has 5 nitrogen and oxygen atoms in total. The number of nitrogens with zero attached hydrogens (tertiary/aromatic N) is 1. The summed E-state index contributed by atoms with van der Waals surface area (Å²) in [6, 6.07) is -0.442. The van der Waals surface area contributed by atoms with Gasteiger partial charge < -0.3 is 19.8 Å². The van der Waals surface area contributed by atoms with Gasteiger partial charge in [0.2, 0.25) is 0 Å². The van der Waals surface area contributed by atoms with Crippen molar-refractivity contribution in [1.29, 1.82) is 0 Å². The van der Waals surface area contributed by atoms with Crippen molar-refractivity contribution in [2.45, 2.75) is 25.8 Å². The van der Waals surface area contributed by atoms with Crippen LogP contribution < -0.4 is 5.32 Å². The highest BCUT2D eigenvalue weighted by Gasteiger charge is 2.32. The number of carbonyl (C=O) groups is 3. The van der Waals surface area contributed by atoms with Crippen molar-refractivity contribution in [2.24, 2.45) is 0 Å². The maximum Gasteiger partial charge on any atom is 0.274 e. The Hall–Kier alpha value is -1.91. The van der Waals surface area contributed by atoms with Gasteiger partial charge in [-0.05, 0) is 19.8 Å². The summed E-state index contributed by atoms with van der Waals surface area (Å²) in [4.78, 5) is 34.6.